The average Bonchev–Trinajstić information content (AvgIpc) is 2.41. The summed E-state index contributed by atoms with van der Waals surface area (Å²) in [5.74, 6) is -0.443. The summed E-state index contributed by atoms with van der Waals surface area (Å²) in [4.78, 5) is 15.6. The van der Waals surface area contributed by atoms with Gasteiger partial charge in [0.2, 0.25) is 5.91 Å². The summed E-state index contributed by atoms with van der Waals surface area (Å²) >= 11 is 0. The molecule has 0 saturated heterocycles. The number of rotatable bonds is 1. The van der Waals surface area contributed by atoms with E-state index in [4.69, 9.17) is 5.73 Å². The van der Waals surface area contributed by atoms with Gasteiger partial charge in [0.25, 0.3) is 0 Å². The van der Waals surface area contributed by atoms with Crippen LogP contribution in [-0.4, -0.2) is 20.7 Å². The van der Waals surface area contributed by atoms with E-state index in [1.54, 1.807) is 17.8 Å². The van der Waals surface area contributed by atoms with E-state index in [-0.39, 0.29) is 0 Å². The van der Waals surface area contributed by atoms with Crippen molar-refractivity contribution in [3.05, 3.63) is 23.0 Å². The number of fused-ring (bicyclic) bond motifs is 1. The topological polar surface area (TPSA) is 73.8 Å². The number of carbonyl (C=O) groups excluding carboxylic acids is 1. The second kappa shape index (κ2) is 3.05. The van der Waals surface area contributed by atoms with Gasteiger partial charge in [-0.2, -0.15) is 5.10 Å². The van der Waals surface area contributed by atoms with E-state index in [9.17, 15) is 4.79 Å². The molecule has 0 fully saturated rings. The highest BCUT2D eigenvalue weighted by Gasteiger charge is 2.15. The van der Waals surface area contributed by atoms with Crippen LogP contribution in [0.4, 0.5) is 0 Å². The number of nitrogens with zero attached hydrogens (tertiary/aromatic N) is 3. The van der Waals surface area contributed by atoms with E-state index in [2.05, 4.69) is 10.1 Å². The third kappa shape index (κ3) is 1.36. The Balaban J connectivity index is 2.96. The van der Waals surface area contributed by atoms with Crippen LogP contribution in [0.1, 0.15) is 21.7 Å². The third-order valence-corrected chi connectivity index (χ3v) is 2.36. The molecule has 0 saturated carbocycles. The Morgan fingerprint density at radius 3 is 2.73 bits per heavy atom. The molecule has 0 bridgehead atoms. The molecule has 15 heavy (non-hydrogen) atoms. The zero-order valence-corrected chi connectivity index (χ0v) is 8.90. The molecule has 0 aromatic carbocycles. The van der Waals surface area contributed by atoms with Crippen LogP contribution in [0.2, 0.25) is 0 Å². The van der Waals surface area contributed by atoms with Crippen molar-refractivity contribution in [2.45, 2.75) is 13.8 Å². The van der Waals surface area contributed by atoms with E-state index >= 15 is 0 Å². The number of aryl methyl sites for hydroxylation is 3. The zero-order chi connectivity index (χ0) is 11.2. The second-order valence-electron chi connectivity index (χ2n) is 3.58. The SMILES string of the molecule is Cc1cc(C(N)=O)c2c(C)nn(C)c2n1. The first-order valence-corrected chi connectivity index (χ1v) is 4.61. The zero-order valence-electron chi connectivity index (χ0n) is 8.90. The second-order valence-corrected chi connectivity index (χ2v) is 3.58. The van der Waals surface area contributed by atoms with E-state index in [1.807, 2.05) is 13.8 Å². The lowest BCUT2D eigenvalue weighted by atomic mass is 10.1. The van der Waals surface area contributed by atoms with Crippen LogP contribution < -0.4 is 5.73 Å². The van der Waals surface area contributed by atoms with Gasteiger partial charge in [0, 0.05) is 12.7 Å². The fourth-order valence-electron chi connectivity index (χ4n) is 1.76. The summed E-state index contributed by atoms with van der Waals surface area (Å²) in [7, 11) is 1.80. The van der Waals surface area contributed by atoms with E-state index in [0.717, 1.165) is 16.8 Å². The summed E-state index contributed by atoms with van der Waals surface area (Å²) < 4.78 is 1.66. The molecule has 5 nitrogen and oxygen atoms in total. The van der Waals surface area contributed by atoms with Gasteiger partial charge >= 0.3 is 0 Å². The fourth-order valence-corrected chi connectivity index (χ4v) is 1.76. The molecular weight excluding hydrogens is 192 g/mol. The summed E-state index contributed by atoms with van der Waals surface area (Å²) in [6.07, 6.45) is 0. The average molecular weight is 204 g/mol. The summed E-state index contributed by atoms with van der Waals surface area (Å²) in [6.45, 7) is 3.67. The fraction of sp³-hybridized carbons (Fsp3) is 0.300. The van der Waals surface area contributed by atoms with Crippen LogP contribution in [0.15, 0.2) is 6.07 Å². The van der Waals surface area contributed by atoms with Crippen LogP contribution in [0.25, 0.3) is 11.0 Å². The smallest absolute Gasteiger partial charge is 0.249 e. The minimum Gasteiger partial charge on any atom is -0.366 e. The Hall–Kier alpha value is -1.91. The van der Waals surface area contributed by atoms with Crippen LogP contribution >= 0.6 is 0 Å². The van der Waals surface area contributed by atoms with Crippen LogP contribution in [0, 0.1) is 13.8 Å². The monoisotopic (exact) mass is 204 g/mol. The number of carbonyl (C=O) groups is 1. The van der Waals surface area contributed by atoms with Crippen molar-refractivity contribution in [2.24, 2.45) is 12.8 Å². The van der Waals surface area contributed by atoms with Crippen LogP contribution in [0.3, 0.4) is 0 Å². The summed E-state index contributed by atoms with van der Waals surface area (Å²) in [5, 5.41) is 4.97. The van der Waals surface area contributed by atoms with E-state index in [0.29, 0.717) is 11.2 Å². The first kappa shape index (κ1) is 9.64. The molecule has 2 aromatic rings. The molecule has 78 valence electrons. The maximum atomic E-state index is 11.3. The van der Waals surface area contributed by atoms with Gasteiger partial charge in [-0.05, 0) is 19.9 Å². The van der Waals surface area contributed by atoms with Crippen molar-refractivity contribution >= 4 is 16.9 Å². The number of pyridine rings is 1. The Kier molecular flexibility index (Phi) is 1.96. The maximum absolute atomic E-state index is 11.3. The highest BCUT2D eigenvalue weighted by molar-refractivity contribution is 6.05. The molecule has 0 atom stereocenters. The van der Waals surface area contributed by atoms with Gasteiger partial charge in [-0.25, -0.2) is 4.98 Å². The number of aromatic nitrogens is 3. The molecular formula is C10H12N4O. The van der Waals surface area contributed by atoms with Gasteiger partial charge in [-0.1, -0.05) is 0 Å². The molecule has 0 spiro atoms. The Labute approximate surface area is 86.9 Å². The maximum Gasteiger partial charge on any atom is 0.249 e. The van der Waals surface area contributed by atoms with Crippen molar-refractivity contribution in [1.82, 2.24) is 14.8 Å². The molecule has 2 aromatic heterocycles. The van der Waals surface area contributed by atoms with Gasteiger partial charge in [-0.15, -0.1) is 0 Å². The van der Waals surface area contributed by atoms with Crippen molar-refractivity contribution in [3.8, 4) is 0 Å². The number of nitrogens with two attached hydrogens (primary N) is 1. The van der Waals surface area contributed by atoms with Gasteiger partial charge in [-0.3, -0.25) is 9.48 Å². The van der Waals surface area contributed by atoms with Gasteiger partial charge in [0.15, 0.2) is 5.65 Å². The Morgan fingerprint density at radius 1 is 1.47 bits per heavy atom. The first-order valence-electron chi connectivity index (χ1n) is 4.61. The Bertz CT molecular complexity index is 556. The first-order chi connectivity index (χ1) is 7.00. The largest absolute Gasteiger partial charge is 0.366 e. The van der Waals surface area contributed by atoms with Gasteiger partial charge < -0.3 is 5.73 Å². The quantitative estimate of drug-likeness (QED) is 0.742. The lowest BCUT2D eigenvalue weighted by Gasteiger charge is -2.01. The molecule has 5 heteroatoms. The van der Waals surface area contributed by atoms with Crippen molar-refractivity contribution in [3.63, 3.8) is 0 Å². The lowest BCUT2D eigenvalue weighted by molar-refractivity contribution is 0.100. The normalized spacial score (nSPS) is 10.9. The molecule has 2 N–H and O–H groups in total. The van der Waals surface area contributed by atoms with Crippen molar-refractivity contribution in [2.75, 3.05) is 0 Å². The molecule has 0 aliphatic rings. The highest BCUT2D eigenvalue weighted by Crippen LogP contribution is 2.20. The predicted molar refractivity (Wildman–Crippen MR) is 56.5 cm³/mol. The summed E-state index contributed by atoms with van der Waals surface area (Å²) in [6, 6.07) is 1.69. The standard InChI is InChI=1S/C10H12N4O/c1-5-4-7(9(11)15)8-6(2)13-14(3)10(8)12-5/h4H,1-3H3,(H2,11,15). The minimum atomic E-state index is -0.443. The predicted octanol–water partition coefficient (Wildman–Crippen LogP) is 0.684. The van der Waals surface area contributed by atoms with E-state index in [1.165, 1.54) is 0 Å². The molecule has 0 radical (unpaired) electrons. The molecule has 2 rings (SSSR count). The van der Waals surface area contributed by atoms with E-state index < -0.39 is 5.91 Å². The number of amides is 1. The number of primary amides is 1. The van der Waals surface area contributed by atoms with Gasteiger partial charge in [0.05, 0.1) is 16.6 Å². The number of hydrogen-bond acceptors (Lipinski definition) is 3. The molecule has 0 unspecified atom stereocenters. The van der Waals surface area contributed by atoms with Crippen LogP contribution in [-0.2, 0) is 7.05 Å². The van der Waals surface area contributed by atoms with Crippen molar-refractivity contribution < 1.29 is 4.79 Å². The molecule has 1 amide bonds. The minimum absolute atomic E-state index is 0.443. The summed E-state index contributed by atoms with van der Waals surface area (Å²) in [5.41, 5.74) is 8.04. The molecule has 0 aliphatic carbocycles. The highest BCUT2D eigenvalue weighted by atomic mass is 16.1. The third-order valence-electron chi connectivity index (χ3n) is 2.36. The Morgan fingerprint density at radius 2 is 2.13 bits per heavy atom. The number of hydrogen-bond donors (Lipinski definition) is 1. The van der Waals surface area contributed by atoms with Gasteiger partial charge in [0.1, 0.15) is 0 Å². The lowest BCUT2D eigenvalue weighted by Crippen LogP contribution is -2.12. The molecule has 2 heterocycles. The molecule has 0 aliphatic heterocycles. The van der Waals surface area contributed by atoms with Crippen molar-refractivity contribution in [1.29, 1.82) is 0 Å². The van der Waals surface area contributed by atoms with Crippen LogP contribution in [0.5, 0.6) is 0 Å².